The molecule has 0 spiro atoms. The summed E-state index contributed by atoms with van der Waals surface area (Å²) in [4.78, 5) is 2.04. The van der Waals surface area contributed by atoms with E-state index >= 15 is 0 Å². The Kier molecular flexibility index (Phi) is 5.32. The maximum absolute atomic E-state index is 12.2. The summed E-state index contributed by atoms with van der Waals surface area (Å²) in [5, 5.41) is 8.55. The first-order valence-electron chi connectivity index (χ1n) is 6.55. The Labute approximate surface area is 121 Å². The molecule has 1 aromatic rings. The minimum absolute atomic E-state index is 0.00923. The first-order chi connectivity index (χ1) is 9.16. The summed E-state index contributed by atoms with van der Waals surface area (Å²) in [5.41, 5.74) is 1.12. The third kappa shape index (κ3) is 4.62. The standard InChI is InChI=1S/C15H22N2O2S/c1-15(2,3)13-5-7-14(8-6-13)20(18,19)12-11-17(4)10-9-16/h5-8H,10-12H2,1-4H3. The molecule has 0 fully saturated rings. The van der Waals surface area contributed by atoms with Crippen LogP contribution in [0.2, 0.25) is 0 Å². The van der Waals surface area contributed by atoms with Crippen molar-refractivity contribution in [3.05, 3.63) is 29.8 Å². The molecule has 0 aliphatic heterocycles. The Morgan fingerprint density at radius 3 is 2.20 bits per heavy atom. The van der Waals surface area contributed by atoms with Crippen LogP contribution in [0.5, 0.6) is 0 Å². The fourth-order valence-electron chi connectivity index (χ4n) is 1.76. The number of hydrogen-bond donors (Lipinski definition) is 0. The number of nitriles is 1. The van der Waals surface area contributed by atoms with Crippen molar-refractivity contribution >= 4 is 9.84 Å². The molecule has 0 bridgehead atoms. The summed E-state index contributed by atoms with van der Waals surface area (Å²) in [6.45, 7) is 6.86. The topological polar surface area (TPSA) is 61.2 Å². The lowest BCUT2D eigenvalue weighted by Crippen LogP contribution is -2.26. The van der Waals surface area contributed by atoms with Gasteiger partial charge in [0.25, 0.3) is 0 Å². The molecule has 0 aliphatic carbocycles. The summed E-state index contributed by atoms with van der Waals surface area (Å²) in [5.74, 6) is 0.0278. The molecule has 0 amide bonds. The molecule has 4 nitrogen and oxygen atoms in total. The zero-order valence-electron chi connectivity index (χ0n) is 12.5. The van der Waals surface area contributed by atoms with Gasteiger partial charge in [0.15, 0.2) is 9.84 Å². The van der Waals surface area contributed by atoms with Crippen LogP contribution in [0.4, 0.5) is 0 Å². The van der Waals surface area contributed by atoms with E-state index in [0.717, 1.165) is 5.56 Å². The molecule has 0 saturated heterocycles. The summed E-state index contributed by atoms with van der Waals surface area (Å²) < 4.78 is 24.4. The van der Waals surface area contributed by atoms with Crippen LogP contribution >= 0.6 is 0 Å². The quantitative estimate of drug-likeness (QED) is 0.781. The summed E-state index contributed by atoms with van der Waals surface area (Å²) in [7, 11) is -1.55. The zero-order chi connectivity index (χ0) is 15.4. The smallest absolute Gasteiger partial charge is 0.179 e. The number of benzene rings is 1. The zero-order valence-corrected chi connectivity index (χ0v) is 13.4. The molecule has 0 heterocycles. The lowest BCUT2D eigenvalue weighted by molar-refractivity contribution is 0.396. The molecule has 5 heteroatoms. The Bertz CT molecular complexity index is 578. The van der Waals surface area contributed by atoms with Crippen molar-refractivity contribution in [2.45, 2.75) is 31.1 Å². The predicted octanol–water partition coefficient (Wildman–Crippen LogP) is 2.21. The van der Waals surface area contributed by atoms with Crippen LogP contribution in [0.15, 0.2) is 29.2 Å². The van der Waals surface area contributed by atoms with Gasteiger partial charge in [-0.1, -0.05) is 32.9 Å². The minimum Gasteiger partial charge on any atom is -0.293 e. The Hall–Kier alpha value is -1.38. The molecule has 1 aromatic carbocycles. The Morgan fingerprint density at radius 1 is 1.20 bits per heavy atom. The molecule has 110 valence electrons. The molecular weight excluding hydrogens is 272 g/mol. The molecule has 1 rings (SSSR count). The van der Waals surface area contributed by atoms with Gasteiger partial charge in [0.05, 0.1) is 23.3 Å². The van der Waals surface area contributed by atoms with Gasteiger partial charge in [-0.2, -0.15) is 5.26 Å². The van der Waals surface area contributed by atoms with Gasteiger partial charge in [-0.25, -0.2) is 8.42 Å². The fraction of sp³-hybridized carbons (Fsp3) is 0.533. The van der Waals surface area contributed by atoms with Gasteiger partial charge in [0, 0.05) is 6.54 Å². The lowest BCUT2D eigenvalue weighted by atomic mass is 9.87. The van der Waals surface area contributed by atoms with Crippen molar-refractivity contribution in [1.82, 2.24) is 4.90 Å². The third-order valence-electron chi connectivity index (χ3n) is 3.16. The van der Waals surface area contributed by atoms with E-state index < -0.39 is 9.84 Å². The highest BCUT2D eigenvalue weighted by Gasteiger charge is 2.18. The molecule has 0 saturated carbocycles. The van der Waals surface area contributed by atoms with E-state index in [0.29, 0.717) is 11.4 Å². The Morgan fingerprint density at radius 2 is 1.75 bits per heavy atom. The van der Waals surface area contributed by atoms with Gasteiger partial charge in [0.2, 0.25) is 0 Å². The highest BCUT2D eigenvalue weighted by Crippen LogP contribution is 2.23. The highest BCUT2D eigenvalue weighted by atomic mass is 32.2. The molecule has 0 N–H and O–H groups in total. The van der Waals surface area contributed by atoms with E-state index in [1.54, 1.807) is 24.1 Å². The summed E-state index contributed by atoms with van der Waals surface area (Å²) >= 11 is 0. The van der Waals surface area contributed by atoms with Crippen LogP contribution in [0.25, 0.3) is 0 Å². The van der Waals surface area contributed by atoms with Gasteiger partial charge in [0.1, 0.15) is 0 Å². The second kappa shape index (κ2) is 6.38. The summed E-state index contributed by atoms with van der Waals surface area (Å²) in [6, 6.07) is 9.07. The average Bonchev–Trinajstić information content (AvgIpc) is 2.36. The number of nitrogens with zero attached hydrogens (tertiary/aromatic N) is 2. The van der Waals surface area contributed by atoms with Crippen LogP contribution < -0.4 is 0 Å². The van der Waals surface area contributed by atoms with Crippen LogP contribution in [0.1, 0.15) is 26.3 Å². The van der Waals surface area contributed by atoms with Crippen molar-refractivity contribution < 1.29 is 8.42 Å². The minimum atomic E-state index is -3.29. The van der Waals surface area contributed by atoms with Crippen molar-refractivity contribution in [2.75, 3.05) is 25.9 Å². The van der Waals surface area contributed by atoms with Gasteiger partial charge >= 0.3 is 0 Å². The summed E-state index contributed by atoms with van der Waals surface area (Å²) in [6.07, 6.45) is 0. The van der Waals surface area contributed by atoms with Gasteiger partial charge < -0.3 is 0 Å². The highest BCUT2D eigenvalue weighted by molar-refractivity contribution is 7.91. The van der Waals surface area contributed by atoms with Crippen LogP contribution in [0, 0.1) is 11.3 Å². The fourth-order valence-corrected chi connectivity index (χ4v) is 3.09. The second-order valence-corrected chi connectivity index (χ2v) is 8.10. The van der Waals surface area contributed by atoms with Crippen LogP contribution in [-0.2, 0) is 15.3 Å². The van der Waals surface area contributed by atoms with E-state index in [4.69, 9.17) is 5.26 Å². The number of sulfone groups is 1. The second-order valence-electron chi connectivity index (χ2n) is 5.99. The van der Waals surface area contributed by atoms with Crippen LogP contribution in [-0.4, -0.2) is 39.2 Å². The molecule has 0 aliphatic rings. The average molecular weight is 294 g/mol. The lowest BCUT2D eigenvalue weighted by Gasteiger charge is -2.19. The molecule has 0 radical (unpaired) electrons. The molecular formula is C15H22N2O2S. The van der Waals surface area contributed by atoms with E-state index in [1.807, 2.05) is 18.2 Å². The Balaban J connectivity index is 2.81. The van der Waals surface area contributed by atoms with Crippen LogP contribution in [0.3, 0.4) is 0 Å². The van der Waals surface area contributed by atoms with Crippen molar-refractivity contribution in [1.29, 1.82) is 5.26 Å². The predicted molar refractivity (Wildman–Crippen MR) is 80.3 cm³/mol. The van der Waals surface area contributed by atoms with E-state index in [9.17, 15) is 8.42 Å². The molecule has 0 unspecified atom stereocenters. The monoisotopic (exact) mass is 294 g/mol. The molecule has 0 atom stereocenters. The first kappa shape index (κ1) is 16.7. The van der Waals surface area contributed by atoms with Crippen molar-refractivity contribution in [3.8, 4) is 6.07 Å². The van der Waals surface area contributed by atoms with Crippen molar-refractivity contribution in [3.63, 3.8) is 0 Å². The van der Waals surface area contributed by atoms with E-state index in [-0.39, 0.29) is 17.7 Å². The number of rotatable bonds is 5. The first-order valence-corrected chi connectivity index (χ1v) is 8.21. The maximum Gasteiger partial charge on any atom is 0.179 e. The number of hydrogen-bond acceptors (Lipinski definition) is 4. The SMILES string of the molecule is CN(CC#N)CCS(=O)(=O)c1ccc(C(C)(C)C)cc1. The van der Waals surface area contributed by atoms with E-state index in [2.05, 4.69) is 20.8 Å². The van der Waals surface area contributed by atoms with E-state index in [1.165, 1.54) is 0 Å². The molecule has 0 aromatic heterocycles. The van der Waals surface area contributed by atoms with Gasteiger partial charge in [-0.3, -0.25) is 4.90 Å². The maximum atomic E-state index is 12.2. The largest absolute Gasteiger partial charge is 0.293 e. The van der Waals surface area contributed by atoms with Crippen molar-refractivity contribution in [2.24, 2.45) is 0 Å². The van der Waals surface area contributed by atoms with Gasteiger partial charge in [-0.15, -0.1) is 0 Å². The van der Waals surface area contributed by atoms with Gasteiger partial charge in [-0.05, 0) is 30.2 Å². The normalized spacial score (nSPS) is 12.4. The molecule has 20 heavy (non-hydrogen) atoms. The third-order valence-corrected chi connectivity index (χ3v) is 4.87.